The van der Waals surface area contributed by atoms with Crippen molar-refractivity contribution in [3.63, 3.8) is 0 Å². The van der Waals surface area contributed by atoms with Gasteiger partial charge in [0.25, 0.3) is 5.91 Å². The number of aliphatic hydroxyl groups is 2. The van der Waals surface area contributed by atoms with E-state index >= 15 is 0 Å². The van der Waals surface area contributed by atoms with Crippen LogP contribution in [-0.4, -0.2) is 34.4 Å². The maximum Gasteiger partial charge on any atom is 0.252 e. The maximum absolute atomic E-state index is 12.3. The number of rotatable bonds is 2. The van der Waals surface area contributed by atoms with Crippen molar-refractivity contribution in [2.24, 2.45) is 0 Å². The van der Waals surface area contributed by atoms with E-state index < -0.39 is 12.2 Å². The molecule has 0 spiro atoms. The third-order valence-electron chi connectivity index (χ3n) is 3.64. The van der Waals surface area contributed by atoms with E-state index in [9.17, 15) is 15.0 Å². The summed E-state index contributed by atoms with van der Waals surface area (Å²) in [4.78, 5) is 12.3. The van der Waals surface area contributed by atoms with Gasteiger partial charge in [-0.2, -0.15) is 0 Å². The summed E-state index contributed by atoms with van der Waals surface area (Å²) in [5.74, 6) is -0.264. The van der Waals surface area contributed by atoms with Crippen molar-refractivity contribution in [2.75, 3.05) is 0 Å². The van der Waals surface area contributed by atoms with Crippen LogP contribution in [-0.2, 0) is 0 Å². The molecule has 2 aromatic rings. The first-order valence-corrected chi connectivity index (χ1v) is 6.76. The van der Waals surface area contributed by atoms with Crippen LogP contribution in [0.3, 0.4) is 0 Å². The molecule has 1 fully saturated rings. The van der Waals surface area contributed by atoms with Crippen molar-refractivity contribution in [1.82, 2.24) is 5.32 Å². The van der Waals surface area contributed by atoms with E-state index in [0.717, 1.165) is 0 Å². The molecule has 1 aliphatic carbocycles. The van der Waals surface area contributed by atoms with Gasteiger partial charge in [0.15, 0.2) is 5.58 Å². The molecule has 0 bridgehead atoms. The van der Waals surface area contributed by atoms with Gasteiger partial charge < -0.3 is 19.9 Å². The zero-order chi connectivity index (χ0) is 14.3. The van der Waals surface area contributed by atoms with E-state index in [1.165, 1.54) is 6.26 Å². The van der Waals surface area contributed by atoms with Crippen LogP contribution in [0, 0.1) is 0 Å². The van der Waals surface area contributed by atoms with Crippen molar-refractivity contribution >= 4 is 28.5 Å². The van der Waals surface area contributed by atoms with Gasteiger partial charge >= 0.3 is 0 Å². The molecule has 1 aliphatic rings. The molecule has 106 valence electrons. The fourth-order valence-corrected chi connectivity index (χ4v) is 2.81. The number of carbonyl (C=O) groups excluding carboxylic acids is 1. The molecule has 0 radical (unpaired) electrons. The normalized spacial score (nSPS) is 26.1. The van der Waals surface area contributed by atoms with Gasteiger partial charge in [-0.1, -0.05) is 11.6 Å². The van der Waals surface area contributed by atoms with Crippen LogP contribution in [0.1, 0.15) is 23.2 Å². The van der Waals surface area contributed by atoms with Gasteiger partial charge in [-0.15, -0.1) is 0 Å². The highest BCUT2D eigenvalue weighted by molar-refractivity contribution is 6.35. The highest BCUT2D eigenvalue weighted by atomic mass is 35.5. The molecule has 0 aliphatic heterocycles. The van der Waals surface area contributed by atoms with E-state index in [0.29, 0.717) is 34.4 Å². The van der Waals surface area contributed by atoms with Gasteiger partial charge in [0, 0.05) is 11.4 Å². The molecule has 1 aromatic carbocycles. The van der Waals surface area contributed by atoms with E-state index in [1.54, 1.807) is 18.2 Å². The van der Waals surface area contributed by atoms with Gasteiger partial charge in [-0.3, -0.25) is 4.79 Å². The maximum atomic E-state index is 12.3. The van der Waals surface area contributed by atoms with Crippen LogP contribution >= 0.6 is 11.6 Å². The highest BCUT2D eigenvalue weighted by Crippen LogP contribution is 2.28. The number of furan rings is 1. The minimum Gasteiger partial charge on any atom is -0.463 e. The van der Waals surface area contributed by atoms with E-state index in [4.69, 9.17) is 16.0 Å². The lowest BCUT2D eigenvalue weighted by Gasteiger charge is -2.12. The highest BCUT2D eigenvalue weighted by Gasteiger charge is 2.32. The predicted octanol–water partition coefficient (Wildman–Crippen LogP) is 1.70. The van der Waals surface area contributed by atoms with Crippen molar-refractivity contribution < 1.29 is 19.4 Å². The number of benzene rings is 1. The lowest BCUT2D eigenvalue weighted by molar-refractivity contribution is 0.0438. The van der Waals surface area contributed by atoms with Crippen molar-refractivity contribution in [3.05, 3.63) is 35.0 Å². The van der Waals surface area contributed by atoms with Crippen molar-refractivity contribution in [3.8, 4) is 0 Å². The van der Waals surface area contributed by atoms with Crippen LogP contribution in [0.4, 0.5) is 0 Å². The molecule has 3 rings (SSSR count). The Morgan fingerprint density at radius 1 is 1.25 bits per heavy atom. The molecular weight excluding hydrogens is 282 g/mol. The Balaban J connectivity index is 1.83. The van der Waals surface area contributed by atoms with Crippen LogP contribution in [0.2, 0.25) is 5.02 Å². The number of carbonyl (C=O) groups is 1. The topological polar surface area (TPSA) is 82.7 Å². The summed E-state index contributed by atoms with van der Waals surface area (Å²) in [7, 11) is 0. The quantitative estimate of drug-likeness (QED) is 0.787. The summed E-state index contributed by atoms with van der Waals surface area (Å²) >= 11 is 5.99. The average Bonchev–Trinajstić information content (AvgIpc) is 2.98. The third-order valence-corrected chi connectivity index (χ3v) is 3.94. The molecule has 3 atom stereocenters. The number of halogens is 1. The predicted molar refractivity (Wildman–Crippen MR) is 73.7 cm³/mol. The Morgan fingerprint density at radius 2 is 1.95 bits per heavy atom. The summed E-state index contributed by atoms with van der Waals surface area (Å²) in [5, 5.41) is 22.9. The first-order chi connectivity index (χ1) is 9.56. The molecule has 3 N–H and O–H groups in total. The number of nitrogens with one attached hydrogen (secondary N) is 1. The molecule has 20 heavy (non-hydrogen) atoms. The van der Waals surface area contributed by atoms with E-state index in [-0.39, 0.29) is 11.9 Å². The van der Waals surface area contributed by atoms with Gasteiger partial charge in [0.05, 0.1) is 29.1 Å². The van der Waals surface area contributed by atoms with Crippen LogP contribution in [0.15, 0.2) is 28.9 Å². The third kappa shape index (κ3) is 2.28. The summed E-state index contributed by atoms with van der Waals surface area (Å²) in [6, 6.07) is 4.71. The molecule has 5 nitrogen and oxygen atoms in total. The molecule has 6 heteroatoms. The second-order valence-corrected chi connectivity index (χ2v) is 5.44. The molecule has 1 unspecified atom stereocenters. The number of hydrogen-bond donors (Lipinski definition) is 3. The molecule has 1 aromatic heterocycles. The zero-order valence-electron chi connectivity index (χ0n) is 10.5. The first-order valence-electron chi connectivity index (χ1n) is 6.39. The average molecular weight is 296 g/mol. The minimum absolute atomic E-state index is 0.231. The van der Waals surface area contributed by atoms with Gasteiger partial charge in [0.1, 0.15) is 0 Å². The number of amides is 1. The number of fused-ring (bicyclic) bond motifs is 1. The van der Waals surface area contributed by atoms with Crippen molar-refractivity contribution in [2.45, 2.75) is 31.1 Å². The molecule has 1 heterocycles. The number of hydrogen-bond acceptors (Lipinski definition) is 4. The van der Waals surface area contributed by atoms with Crippen LogP contribution in [0.5, 0.6) is 0 Å². The fourth-order valence-electron chi connectivity index (χ4n) is 2.60. The van der Waals surface area contributed by atoms with E-state index in [2.05, 4.69) is 5.32 Å². The summed E-state index contributed by atoms with van der Waals surface area (Å²) in [5.41, 5.74) is 0.944. The molecular formula is C14H14ClNO4. The Kier molecular flexibility index (Phi) is 3.41. The lowest BCUT2D eigenvalue weighted by Crippen LogP contribution is -2.33. The summed E-state index contributed by atoms with van der Waals surface area (Å²) in [6.07, 6.45) is 0.638. The van der Waals surface area contributed by atoms with Crippen LogP contribution < -0.4 is 5.32 Å². The zero-order valence-corrected chi connectivity index (χ0v) is 11.3. The molecule has 1 saturated carbocycles. The summed E-state index contributed by atoms with van der Waals surface area (Å²) in [6.45, 7) is 0. The Labute approximate surface area is 120 Å². The van der Waals surface area contributed by atoms with Gasteiger partial charge in [0.2, 0.25) is 0 Å². The second kappa shape index (κ2) is 5.09. The Hall–Kier alpha value is -1.56. The SMILES string of the molecule is O=C(NC1C[C@@H](O)[C@@H](O)C1)c1ccc(Cl)c2occc12. The lowest BCUT2D eigenvalue weighted by atomic mass is 10.1. The van der Waals surface area contributed by atoms with Crippen LogP contribution in [0.25, 0.3) is 11.0 Å². The smallest absolute Gasteiger partial charge is 0.252 e. The molecule has 1 amide bonds. The van der Waals surface area contributed by atoms with E-state index in [1.807, 2.05) is 0 Å². The number of aliphatic hydroxyl groups excluding tert-OH is 2. The molecule has 0 saturated heterocycles. The largest absolute Gasteiger partial charge is 0.463 e. The Morgan fingerprint density at radius 3 is 2.65 bits per heavy atom. The van der Waals surface area contributed by atoms with Gasteiger partial charge in [-0.25, -0.2) is 0 Å². The fraction of sp³-hybridized carbons (Fsp3) is 0.357. The monoisotopic (exact) mass is 295 g/mol. The Bertz CT molecular complexity index is 644. The van der Waals surface area contributed by atoms with Gasteiger partial charge in [-0.05, 0) is 31.0 Å². The second-order valence-electron chi connectivity index (χ2n) is 5.03. The standard InChI is InChI=1S/C14H14ClNO4/c15-10-2-1-9(8-3-4-20-13(8)10)14(19)16-7-5-11(17)12(18)6-7/h1-4,7,11-12,17-18H,5-6H2,(H,16,19)/t7?,11-,12+. The minimum atomic E-state index is -0.778. The van der Waals surface area contributed by atoms with Crippen molar-refractivity contribution in [1.29, 1.82) is 0 Å². The first kappa shape index (κ1) is 13.4. The summed E-state index contributed by atoms with van der Waals surface area (Å²) < 4.78 is 5.25.